The van der Waals surface area contributed by atoms with Crippen molar-refractivity contribution >= 4 is 0 Å². The highest BCUT2D eigenvalue weighted by Crippen LogP contribution is 2.15. The maximum atomic E-state index is 8.69. The zero-order valence-electron chi connectivity index (χ0n) is 20.3. The van der Waals surface area contributed by atoms with Crippen LogP contribution in [0.4, 0.5) is 0 Å². The van der Waals surface area contributed by atoms with E-state index in [2.05, 4.69) is 12.2 Å². The van der Waals surface area contributed by atoms with Gasteiger partial charge >= 0.3 is 0 Å². The van der Waals surface area contributed by atoms with E-state index in [1.807, 2.05) is 0 Å². The number of hydrogen-bond donors (Lipinski definition) is 2. The number of unbranched alkanes of at least 4 members (excludes halogenated alkanes) is 22. The average Bonchev–Trinajstić information content (AvgIpc) is 2.74. The van der Waals surface area contributed by atoms with Gasteiger partial charge in [0.1, 0.15) is 0 Å². The second-order valence-corrected chi connectivity index (χ2v) is 9.25. The van der Waals surface area contributed by atoms with Gasteiger partial charge in [-0.2, -0.15) is 0 Å². The fraction of sp³-hybridized carbons (Fsp3) is 1.00. The number of aliphatic hydroxyl groups is 1. The quantitative estimate of drug-likeness (QED) is 0.140. The molecule has 0 aliphatic carbocycles. The summed E-state index contributed by atoms with van der Waals surface area (Å²) < 4.78 is 0. The van der Waals surface area contributed by atoms with Gasteiger partial charge in [-0.15, -0.1) is 0 Å². The molecule has 0 bridgehead atoms. The molecule has 2 nitrogen and oxygen atoms in total. The third-order valence-corrected chi connectivity index (χ3v) is 6.25. The Bertz CT molecular complexity index is 243. The third-order valence-electron chi connectivity index (χ3n) is 6.25. The van der Waals surface area contributed by atoms with E-state index >= 15 is 0 Å². The molecule has 176 valence electrons. The van der Waals surface area contributed by atoms with E-state index < -0.39 is 0 Å². The van der Waals surface area contributed by atoms with Gasteiger partial charge in [0.05, 0.1) is 6.61 Å². The molecular formula is C27H57NO. The van der Waals surface area contributed by atoms with Gasteiger partial charge in [-0.3, -0.25) is 0 Å². The second kappa shape index (κ2) is 27.9. The van der Waals surface area contributed by atoms with Gasteiger partial charge in [-0.05, 0) is 13.0 Å². The van der Waals surface area contributed by atoms with E-state index in [1.54, 1.807) is 0 Å². The normalized spacial score (nSPS) is 11.4. The molecule has 0 spiro atoms. The minimum absolute atomic E-state index is 0.263. The van der Waals surface area contributed by atoms with Crippen LogP contribution in [0.25, 0.3) is 0 Å². The molecule has 2 heteroatoms. The maximum absolute atomic E-state index is 8.69. The van der Waals surface area contributed by atoms with Gasteiger partial charge in [0, 0.05) is 6.54 Å². The third kappa shape index (κ3) is 27.9. The van der Waals surface area contributed by atoms with Crippen LogP contribution < -0.4 is 5.32 Å². The van der Waals surface area contributed by atoms with Crippen LogP contribution in [0.15, 0.2) is 0 Å². The van der Waals surface area contributed by atoms with Crippen LogP contribution in [0.3, 0.4) is 0 Å². The Hall–Kier alpha value is -0.0800. The molecular weight excluding hydrogens is 354 g/mol. The minimum atomic E-state index is 0.263. The van der Waals surface area contributed by atoms with Crippen LogP contribution in [-0.4, -0.2) is 24.8 Å². The molecule has 0 amide bonds. The minimum Gasteiger partial charge on any atom is -0.395 e. The van der Waals surface area contributed by atoms with Crippen molar-refractivity contribution in [2.75, 3.05) is 19.7 Å². The summed E-state index contributed by atoms with van der Waals surface area (Å²) in [6.07, 6.45) is 33.2. The Morgan fingerprint density at radius 2 is 0.655 bits per heavy atom. The largest absolute Gasteiger partial charge is 0.395 e. The number of aliphatic hydroxyl groups excluding tert-OH is 1. The highest BCUT2D eigenvalue weighted by Gasteiger charge is 1.96. The lowest BCUT2D eigenvalue weighted by atomic mass is 10.0. The van der Waals surface area contributed by atoms with Crippen molar-refractivity contribution in [3.63, 3.8) is 0 Å². The molecule has 0 fully saturated rings. The number of hydrogen-bond acceptors (Lipinski definition) is 2. The first kappa shape index (κ1) is 28.9. The first-order valence-corrected chi connectivity index (χ1v) is 13.7. The predicted octanol–water partition coefficient (Wildman–Crippen LogP) is 8.56. The topological polar surface area (TPSA) is 32.3 Å². The lowest BCUT2D eigenvalue weighted by molar-refractivity contribution is 0.292. The van der Waals surface area contributed by atoms with Crippen molar-refractivity contribution in [1.82, 2.24) is 5.32 Å². The maximum Gasteiger partial charge on any atom is 0.0555 e. The summed E-state index contributed by atoms with van der Waals surface area (Å²) in [4.78, 5) is 0. The molecule has 0 radical (unpaired) electrons. The summed E-state index contributed by atoms with van der Waals surface area (Å²) in [5.74, 6) is 0. The Balaban J connectivity index is 2.97. The molecule has 0 saturated heterocycles. The lowest BCUT2D eigenvalue weighted by Gasteiger charge is -2.04. The SMILES string of the molecule is CCCCCCCCCCCCCCCCCCCCCCCCCNCCO. The molecule has 0 saturated carbocycles. The Labute approximate surface area is 185 Å². The lowest BCUT2D eigenvalue weighted by Crippen LogP contribution is -2.19. The first-order valence-electron chi connectivity index (χ1n) is 13.7. The van der Waals surface area contributed by atoms with Crippen LogP contribution in [-0.2, 0) is 0 Å². The molecule has 0 rings (SSSR count). The zero-order chi connectivity index (χ0) is 21.1. The van der Waals surface area contributed by atoms with Gasteiger partial charge in [0.15, 0.2) is 0 Å². The van der Waals surface area contributed by atoms with Crippen LogP contribution in [0.2, 0.25) is 0 Å². The van der Waals surface area contributed by atoms with E-state index in [0.717, 1.165) is 13.1 Å². The summed E-state index contributed by atoms with van der Waals surface area (Å²) in [5.41, 5.74) is 0. The first-order chi connectivity index (χ1) is 14.4. The van der Waals surface area contributed by atoms with Crippen molar-refractivity contribution in [2.45, 2.75) is 155 Å². The molecule has 0 aliphatic rings. The highest BCUT2D eigenvalue weighted by atomic mass is 16.3. The summed E-state index contributed by atoms with van der Waals surface area (Å²) in [7, 11) is 0. The summed E-state index contributed by atoms with van der Waals surface area (Å²) in [5, 5.41) is 11.9. The fourth-order valence-corrected chi connectivity index (χ4v) is 4.24. The zero-order valence-corrected chi connectivity index (χ0v) is 20.3. The molecule has 0 aromatic rings. The molecule has 0 unspecified atom stereocenters. The van der Waals surface area contributed by atoms with Crippen LogP contribution >= 0.6 is 0 Å². The van der Waals surface area contributed by atoms with E-state index in [9.17, 15) is 0 Å². The van der Waals surface area contributed by atoms with Gasteiger partial charge in [0.2, 0.25) is 0 Å². The van der Waals surface area contributed by atoms with Gasteiger partial charge in [0.25, 0.3) is 0 Å². The molecule has 0 atom stereocenters. The van der Waals surface area contributed by atoms with Crippen molar-refractivity contribution in [3.8, 4) is 0 Å². The fourth-order valence-electron chi connectivity index (χ4n) is 4.24. The Kier molecular flexibility index (Phi) is 27.8. The summed E-state index contributed by atoms with van der Waals surface area (Å²) >= 11 is 0. The molecule has 29 heavy (non-hydrogen) atoms. The monoisotopic (exact) mass is 411 g/mol. The summed E-state index contributed by atoms with van der Waals surface area (Å²) in [6, 6.07) is 0. The van der Waals surface area contributed by atoms with E-state index in [0.29, 0.717) is 0 Å². The molecule has 2 N–H and O–H groups in total. The van der Waals surface area contributed by atoms with Crippen LogP contribution in [0.5, 0.6) is 0 Å². The number of nitrogens with one attached hydrogen (secondary N) is 1. The van der Waals surface area contributed by atoms with E-state index in [1.165, 1.54) is 148 Å². The van der Waals surface area contributed by atoms with Crippen molar-refractivity contribution in [2.24, 2.45) is 0 Å². The van der Waals surface area contributed by atoms with Crippen LogP contribution in [0, 0.1) is 0 Å². The highest BCUT2D eigenvalue weighted by molar-refractivity contribution is 4.52. The Morgan fingerprint density at radius 1 is 0.379 bits per heavy atom. The standard InChI is InChI=1S/C27H57NO/c1-2-3-4-5-6-7-8-9-10-11-12-13-14-15-16-17-18-19-20-21-22-23-24-25-28-26-27-29/h28-29H,2-27H2,1H3. The molecule has 0 aliphatic heterocycles. The molecule has 0 heterocycles. The van der Waals surface area contributed by atoms with Crippen molar-refractivity contribution < 1.29 is 5.11 Å². The van der Waals surface area contributed by atoms with E-state index in [4.69, 9.17) is 5.11 Å². The average molecular weight is 412 g/mol. The van der Waals surface area contributed by atoms with Crippen LogP contribution in [0.1, 0.15) is 155 Å². The van der Waals surface area contributed by atoms with Crippen molar-refractivity contribution in [1.29, 1.82) is 0 Å². The molecule has 0 aromatic heterocycles. The predicted molar refractivity (Wildman–Crippen MR) is 132 cm³/mol. The van der Waals surface area contributed by atoms with E-state index in [-0.39, 0.29) is 6.61 Å². The Morgan fingerprint density at radius 3 is 0.931 bits per heavy atom. The second-order valence-electron chi connectivity index (χ2n) is 9.25. The van der Waals surface area contributed by atoms with Gasteiger partial charge in [-0.1, -0.05) is 148 Å². The van der Waals surface area contributed by atoms with Gasteiger partial charge in [-0.25, -0.2) is 0 Å². The molecule has 0 aromatic carbocycles. The summed E-state index contributed by atoms with van der Waals surface area (Å²) in [6.45, 7) is 4.38. The number of rotatable bonds is 26. The smallest absolute Gasteiger partial charge is 0.0555 e. The van der Waals surface area contributed by atoms with Crippen molar-refractivity contribution in [3.05, 3.63) is 0 Å². The van der Waals surface area contributed by atoms with Gasteiger partial charge < -0.3 is 10.4 Å².